The average molecular weight is 766 g/mol. The molecule has 294 valence electrons. The van der Waals surface area contributed by atoms with Crippen LogP contribution in [0.1, 0.15) is 65.0 Å². The Morgan fingerprint density at radius 3 is 2.70 bits per heavy atom. The number of pyridine rings is 2. The van der Waals surface area contributed by atoms with Gasteiger partial charge in [0, 0.05) is 98.3 Å². The number of aryl methyl sites for hydroxylation is 1. The van der Waals surface area contributed by atoms with Gasteiger partial charge in [-0.15, -0.1) is 0 Å². The summed E-state index contributed by atoms with van der Waals surface area (Å²) in [5.74, 6) is -0.287. The zero-order valence-corrected chi connectivity index (χ0v) is 32.0. The van der Waals surface area contributed by atoms with Gasteiger partial charge < -0.3 is 34.5 Å². The number of nitrogens with zero attached hydrogens (tertiary/aromatic N) is 8. The molecule has 0 unspecified atom stereocenters. The van der Waals surface area contributed by atoms with Crippen molar-refractivity contribution in [3.05, 3.63) is 82.3 Å². The fourth-order valence-corrected chi connectivity index (χ4v) is 8.78. The highest BCUT2D eigenvalue weighted by atomic mass is 16.5. The summed E-state index contributed by atoms with van der Waals surface area (Å²) >= 11 is 0. The van der Waals surface area contributed by atoms with Gasteiger partial charge >= 0.3 is 0 Å². The van der Waals surface area contributed by atoms with Gasteiger partial charge in [0.25, 0.3) is 11.5 Å². The molecule has 2 saturated heterocycles. The molecule has 0 bridgehead atoms. The predicted molar refractivity (Wildman–Crippen MR) is 214 cm³/mol. The molecule has 15 heteroatoms. The van der Waals surface area contributed by atoms with Crippen LogP contribution in [0, 0.1) is 5.41 Å². The lowest BCUT2D eigenvalue weighted by Gasteiger charge is -2.45. The van der Waals surface area contributed by atoms with Crippen molar-refractivity contribution in [3.8, 4) is 11.3 Å². The molecule has 0 saturated carbocycles. The number of carbonyl (C=O) groups is 2. The summed E-state index contributed by atoms with van der Waals surface area (Å²) in [7, 11) is 0. The molecular weight excluding hydrogens is 713 g/mol. The van der Waals surface area contributed by atoms with Crippen LogP contribution in [-0.2, 0) is 42.5 Å². The second kappa shape index (κ2) is 14.9. The summed E-state index contributed by atoms with van der Waals surface area (Å²) in [4.78, 5) is 60.5. The van der Waals surface area contributed by atoms with E-state index in [1.165, 1.54) is 28.6 Å². The minimum Gasteiger partial charge on any atom is -0.392 e. The van der Waals surface area contributed by atoms with E-state index in [1.807, 2.05) is 6.07 Å². The number of fused-ring (bicyclic) bond motifs is 3. The van der Waals surface area contributed by atoms with Gasteiger partial charge in [-0.1, -0.05) is 20.4 Å². The van der Waals surface area contributed by atoms with Crippen molar-refractivity contribution in [3.63, 3.8) is 0 Å². The van der Waals surface area contributed by atoms with Crippen LogP contribution in [0.5, 0.6) is 0 Å². The summed E-state index contributed by atoms with van der Waals surface area (Å²) in [6.45, 7) is 11.3. The first-order valence-electron chi connectivity index (χ1n) is 20.7. The fourth-order valence-electron chi connectivity index (χ4n) is 8.78. The third-order valence-corrected chi connectivity index (χ3v) is 11.5. The summed E-state index contributed by atoms with van der Waals surface area (Å²) in [5, 5.41) is 16.6. The first-order valence-corrected chi connectivity index (χ1v) is 19.2. The number of ether oxygens (including phenoxy) is 1. The maximum atomic E-state index is 14.0. The number of piperazine rings is 1. The molecule has 2 fully saturated rings. The van der Waals surface area contributed by atoms with Gasteiger partial charge in [0.1, 0.15) is 11.5 Å². The van der Waals surface area contributed by atoms with E-state index in [1.54, 1.807) is 12.1 Å². The lowest BCUT2D eigenvalue weighted by molar-refractivity contribution is -0.111. The van der Waals surface area contributed by atoms with Gasteiger partial charge in [-0.05, 0) is 67.9 Å². The molecule has 3 aliphatic heterocycles. The van der Waals surface area contributed by atoms with Crippen molar-refractivity contribution in [2.75, 3.05) is 59.8 Å². The van der Waals surface area contributed by atoms with E-state index in [0.717, 1.165) is 64.3 Å². The Morgan fingerprint density at radius 2 is 1.95 bits per heavy atom. The molecule has 3 N–H and O–H groups in total. The van der Waals surface area contributed by atoms with Crippen LogP contribution in [0.25, 0.3) is 11.3 Å². The number of rotatable bonds is 9. The average Bonchev–Trinajstić information content (AvgIpc) is 3.70. The summed E-state index contributed by atoms with van der Waals surface area (Å²) in [6.07, 6.45) is 8.98. The second-order valence-electron chi connectivity index (χ2n) is 15.9. The van der Waals surface area contributed by atoms with E-state index in [2.05, 4.69) is 62.3 Å². The van der Waals surface area contributed by atoms with Crippen molar-refractivity contribution < 1.29 is 23.5 Å². The number of amides is 2. The first-order chi connectivity index (χ1) is 28.2. The summed E-state index contributed by atoms with van der Waals surface area (Å²) < 4.78 is 32.9. The van der Waals surface area contributed by atoms with E-state index in [9.17, 15) is 19.5 Å². The van der Waals surface area contributed by atoms with Crippen molar-refractivity contribution in [1.82, 2.24) is 29.0 Å². The normalized spacial score (nSPS) is 20.8. The molecule has 0 aromatic carbocycles. The topological polar surface area (TPSA) is 163 Å². The molecule has 4 aliphatic rings. The van der Waals surface area contributed by atoms with Crippen molar-refractivity contribution >= 4 is 40.6 Å². The zero-order valence-electron chi connectivity index (χ0n) is 35.0. The Balaban J connectivity index is 1.12. The van der Waals surface area contributed by atoms with E-state index >= 15 is 0 Å². The Hall–Kier alpha value is -5.38. The summed E-state index contributed by atoms with van der Waals surface area (Å²) in [5.41, 5.74) is 3.30. The summed E-state index contributed by atoms with van der Waals surface area (Å²) in [6, 6.07) is 5.65. The highest BCUT2D eigenvalue weighted by Gasteiger charge is 2.38. The Bertz CT molecular complexity index is 2370. The zero-order chi connectivity index (χ0) is 41.8. The SMILES string of the molecule is [2H]C([2H])([2H])n1cc(-c2ccnc(N3CCn4c(cc5c4CC(C)(C)C5)C3=O)c2CO)nc(Nc2cnc(N3CCN(C4CCOCC4)C[C@@H]3C)c(NC(=O)C=C)c2)c1=O. The number of hydrogen-bond acceptors (Lipinski definition) is 11. The molecule has 1 aliphatic carbocycles. The lowest BCUT2D eigenvalue weighted by Crippen LogP contribution is -2.56. The van der Waals surface area contributed by atoms with Crippen LogP contribution in [0.4, 0.5) is 28.8 Å². The minimum atomic E-state index is -2.90. The van der Waals surface area contributed by atoms with Crippen molar-refractivity contribution in [2.45, 2.75) is 71.7 Å². The lowest BCUT2D eigenvalue weighted by atomic mass is 9.90. The van der Waals surface area contributed by atoms with Crippen molar-refractivity contribution in [1.29, 1.82) is 0 Å². The molecule has 0 radical (unpaired) electrons. The number of aliphatic hydroxyl groups excluding tert-OH is 1. The molecule has 8 rings (SSSR count). The van der Waals surface area contributed by atoms with Crippen molar-refractivity contribution in [2.24, 2.45) is 12.4 Å². The Kier molecular flexibility index (Phi) is 9.05. The molecule has 2 amide bonds. The predicted octanol–water partition coefficient (Wildman–Crippen LogP) is 3.87. The molecule has 15 nitrogen and oxygen atoms in total. The van der Waals surface area contributed by atoms with Crippen LogP contribution in [0.3, 0.4) is 0 Å². The molecule has 4 aromatic heterocycles. The van der Waals surface area contributed by atoms with Gasteiger partial charge in [0.15, 0.2) is 11.6 Å². The van der Waals surface area contributed by atoms with Gasteiger partial charge in [-0.25, -0.2) is 15.0 Å². The Morgan fingerprint density at radius 1 is 1.12 bits per heavy atom. The molecule has 56 heavy (non-hydrogen) atoms. The Labute approximate surface area is 330 Å². The van der Waals surface area contributed by atoms with E-state index < -0.39 is 25.0 Å². The third kappa shape index (κ3) is 6.99. The largest absolute Gasteiger partial charge is 0.392 e. The number of anilines is 5. The van der Waals surface area contributed by atoms with Crippen LogP contribution < -0.4 is 26.0 Å². The highest BCUT2D eigenvalue weighted by molar-refractivity contribution is 6.06. The standard InChI is InChI=1S/C41H50N10O5/c1-6-35(53)45-31-18-27(21-43-38(31)49-12-11-48(22-25(49)2)28-8-15-56-16-9-28)44-36-40(55)47(5)23-32(46-36)29-7-10-42-37(30(29)24-52)51-14-13-50-33(39(51)54)17-26-19-41(3,4)20-34(26)50/h6-7,10,17-18,21,23,25,28,52H,1,8-9,11-16,19-20,22,24H2,2-5H3,(H,44,46)(H,45,53)/t25-/m0/s1/i5D3. The van der Waals surface area contributed by atoms with Gasteiger partial charge in [0.05, 0.1) is 29.9 Å². The quantitative estimate of drug-likeness (QED) is 0.212. The van der Waals surface area contributed by atoms with Gasteiger partial charge in [-0.3, -0.25) is 24.2 Å². The number of carbonyl (C=O) groups excluding carboxylic acids is 2. The molecule has 0 spiro atoms. The molecule has 4 aromatic rings. The fraction of sp³-hybridized carbons (Fsp3) is 0.463. The van der Waals surface area contributed by atoms with E-state index in [0.29, 0.717) is 47.4 Å². The monoisotopic (exact) mass is 765 g/mol. The molecular formula is C41H50N10O5. The molecule has 1 atom stereocenters. The first kappa shape index (κ1) is 33.9. The number of aliphatic hydroxyl groups is 1. The minimum absolute atomic E-state index is 0.0472. The number of hydrogen-bond donors (Lipinski definition) is 3. The maximum absolute atomic E-state index is 14.0. The highest BCUT2D eigenvalue weighted by Crippen LogP contribution is 2.40. The smallest absolute Gasteiger partial charge is 0.293 e. The van der Waals surface area contributed by atoms with Crippen LogP contribution in [0.15, 0.2) is 54.2 Å². The maximum Gasteiger partial charge on any atom is 0.293 e. The number of aromatic nitrogens is 5. The molecule has 7 heterocycles. The van der Waals surface area contributed by atoms with Gasteiger partial charge in [-0.2, -0.15) is 0 Å². The van der Waals surface area contributed by atoms with Crippen LogP contribution in [-0.4, -0.2) is 97.4 Å². The van der Waals surface area contributed by atoms with Gasteiger partial charge in [0.2, 0.25) is 5.91 Å². The number of nitrogens with one attached hydrogen (secondary N) is 2. The van der Waals surface area contributed by atoms with E-state index in [-0.39, 0.29) is 51.5 Å². The van der Waals surface area contributed by atoms with E-state index in [4.69, 9.17) is 13.8 Å². The van der Waals surface area contributed by atoms with Crippen LogP contribution in [0.2, 0.25) is 0 Å². The van der Waals surface area contributed by atoms with Crippen LogP contribution >= 0.6 is 0 Å². The third-order valence-electron chi connectivity index (χ3n) is 11.5. The second-order valence-corrected chi connectivity index (χ2v) is 15.9.